The third kappa shape index (κ3) is 4.41. The van der Waals surface area contributed by atoms with Gasteiger partial charge in [0.15, 0.2) is 5.78 Å². The average Bonchev–Trinajstić information content (AvgIpc) is 3.38. The predicted molar refractivity (Wildman–Crippen MR) is 116 cm³/mol. The lowest BCUT2D eigenvalue weighted by atomic mass is 10.0. The second-order valence-corrected chi connectivity index (χ2v) is 9.89. The maximum Gasteiger partial charge on any atom is 0.236 e. The summed E-state index contributed by atoms with van der Waals surface area (Å²) in [6, 6.07) is 13.3. The minimum absolute atomic E-state index is 0.0346. The van der Waals surface area contributed by atoms with E-state index in [1.54, 1.807) is 0 Å². The van der Waals surface area contributed by atoms with Crippen molar-refractivity contribution in [2.75, 3.05) is 23.1 Å². The van der Waals surface area contributed by atoms with Gasteiger partial charge in [0, 0.05) is 31.5 Å². The molecule has 1 N–H and O–H groups in total. The molecule has 0 atom stereocenters. The van der Waals surface area contributed by atoms with E-state index in [1.165, 1.54) is 15.4 Å². The quantitative estimate of drug-likeness (QED) is 0.658. The van der Waals surface area contributed by atoms with Crippen LogP contribution >= 0.6 is 0 Å². The zero-order valence-corrected chi connectivity index (χ0v) is 17.7. The van der Waals surface area contributed by atoms with E-state index < -0.39 is 10.0 Å². The Hall–Kier alpha value is -2.67. The van der Waals surface area contributed by atoms with Crippen LogP contribution in [-0.2, 0) is 34.1 Å². The second kappa shape index (κ2) is 8.60. The van der Waals surface area contributed by atoms with Crippen LogP contribution in [-0.4, -0.2) is 39.0 Å². The highest BCUT2D eigenvalue weighted by molar-refractivity contribution is 7.92. The summed E-state index contributed by atoms with van der Waals surface area (Å²) in [4.78, 5) is 24.5. The van der Waals surface area contributed by atoms with Crippen LogP contribution in [0.2, 0.25) is 0 Å². The number of anilines is 1. The summed E-state index contributed by atoms with van der Waals surface area (Å²) in [6.07, 6.45) is 4.08. The first kappa shape index (κ1) is 20.6. The monoisotopic (exact) mass is 426 g/mol. The second-order valence-electron chi connectivity index (χ2n) is 7.88. The number of benzene rings is 2. The highest BCUT2D eigenvalue weighted by Gasteiger charge is 2.28. The molecule has 7 heteroatoms. The van der Waals surface area contributed by atoms with Gasteiger partial charge < -0.3 is 5.32 Å². The smallest absolute Gasteiger partial charge is 0.236 e. The van der Waals surface area contributed by atoms with Crippen molar-refractivity contribution in [2.45, 2.75) is 38.5 Å². The lowest BCUT2D eigenvalue weighted by Crippen LogP contribution is -2.37. The number of sulfonamides is 1. The number of amides is 1. The fraction of sp³-hybridized carbons (Fsp3) is 0.391. The van der Waals surface area contributed by atoms with Crippen molar-refractivity contribution in [1.29, 1.82) is 0 Å². The Labute approximate surface area is 177 Å². The predicted octanol–water partition coefficient (Wildman–Crippen LogP) is 2.65. The molecule has 0 aromatic heterocycles. The molecule has 0 bridgehead atoms. The van der Waals surface area contributed by atoms with Gasteiger partial charge in [-0.3, -0.25) is 13.9 Å². The van der Waals surface area contributed by atoms with Crippen LogP contribution in [0, 0.1) is 0 Å². The first-order valence-electron chi connectivity index (χ1n) is 10.4. The van der Waals surface area contributed by atoms with Crippen molar-refractivity contribution in [3.05, 3.63) is 64.7 Å². The largest absolute Gasteiger partial charge is 0.355 e. The van der Waals surface area contributed by atoms with Crippen molar-refractivity contribution in [3.8, 4) is 0 Å². The Balaban J connectivity index is 1.24. The van der Waals surface area contributed by atoms with Crippen LogP contribution in [0.15, 0.2) is 42.5 Å². The molecule has 0 radical (unpaired) electrons. The average molecular weight is 427 g/mol. The van der Waals surface area contributed by atoms with Crippen LogP contribution in [0.25, 0.3) is 0 Å². The van der Waals surface area contributed by atoms with Gasteiger partial charge in [0.05, 0.1) is 11.4 Å². The number of nitrogens with zero attached hydrogens (tertiary/aromatic N) is 1. The van der Waals surface area contributed by atoms with Crippen molar-refractivity contribution < 1.29 is 18.0 Å². The molecule has 2 aromatic carbocycles. The summed E-state index contributed by atoms with van der Waals surface area (Å²) in [5.74, 6) is -0.520. The zero-order valence-electron chi connectivity index (χ0n) is 16.9. The van der Waals surface area contributed by atoms with Crippen LogP contribution < -0.4 is 9.62 Å². The molecule has 0 unspecified atom stereocenters. The van der Waals surface area contributed by atoms with E-state index in [-0.39, 0.29) is 36.8 Å². The maximum atomic E-state index is 12.6. The number of nitrogens with one attached hydrogen (secondary N) is 1. The normalized spacial score (nSPS) is 15.0. The Morgan fingerprint density at radius 2 is 1.73 bits per heavy atom. The number of para-hydroxylation sites is 1. The molecule has 1 heterocycles. The van der Waals surface area contributed by atoms with E-state index in [4.69, 9.17) is 0 Å². The van der Waals surface area contributed by atoms with E-state index in [0.717, 1.165) is 30.5 Å². The van der Waals surface area contributed by atoms with Gasteiger partial charge >= 0.3 is 0 Å². The Morgan fingerprint density at radius 3 is 2.60 bits per heavy atom. The molecule has 2 aromatic rings. The summed E-state index contributed by atoms with van der Waals surface area (Å²) in [7, 11) is -3.50. The minimum atomic E-state index is -3.50. The number of Topliss-reactive ketones (excluding diaryl/α,β-unsaturated/α-hetero) is 1. The van der Waals surface area contributed by atoms with Crippen LogP contribution in [0.5, 0.6) is 0 Å². The molecule has 0 fully saturated rings. The molecule has 0 spiro atoms. The number of ketones is 1. The minimum Gasteiger partial charge on any atom is -0.355 e. The lowest BCUT2D eigenvalue weighted by molar-refractivity contribution is -0.120. The number of rotatable bonds is 8. The van der Waals surface area contributed by atoms with Crippen molar-refractivity contribution >= 4 is 27.4 Å². The number of hydrogen-bond donors (Lipinski definition) is 1. The number of carbonyl (C=O) groups excluding carboxylic acids is 2. The summed E-state index contributed by atoms with van der Waals surface area (Å²) in [5, 5.41) is 2.64. The van der Waals surface area contributed by atoms with Gasteiger partial charge in [0.2, 0.25) is 15.9 Å². The maximum absolute atomic E-state index is 12.6. The van der Waals surface area contributed by atoms with Crippen molar-refractivity contribution in [3.63, 3.8) is 0 Å². The molecule has 1 aliphatic heterocycles. The van der Waals surface area contributed by atoms with E-state index >= 15 is 0 Å². The Morgan fingerprint density at radius 1 is 0.933 bits per heavy atom. The Bertz CT molecular complexity index is 1080. The summed E-state index contributed by atoms with van der Waals surface area (Å²) >= 11 is 0. The molecular formula is C23H26N2O4S. The van der Waals surface area contributed by atoms with E-state index in [9.17, 15) is 18.0 Å². The fourth-order valence-corrected chi connectivity index (χ4v) is 5.66. The van der Waals surface area contributed by atoms with E-state index in [0.29, 0.717) is 18.5 Å². The topological polar surface area (TPSA) is 83.5 Å². The SMILES string of the molecule is O=C(CCC(=O)c1ccc2c(c1)CCC2)NCCS(=O)(=O)N1CCc2ccccc21. The number of fused-ring (bicyclic) bond motifs is 2. The van der Waals surface area contributed by atoms with Gasteiger partial charge in [-0.15, -0.1) is 0 Å². The standard InChI is InChI=1S/C23H26N2O4S/c26-22(20-9-8-17-5-3-6-19(17)16-20)10-11-23(27)24-13-15-30(28,29)25-14-12-18-4-1-2-7-21(18)25/h1-2,4,7-9,16H,3,5-6,10-15H2,(H,24,27). The van der Waals surface area contributed by atoms with Gasteiger partial charge in [-0.2, -0.15) is 0 Å². The van der Waals surface area contributed by atoms with Crippen LogP contribution in [0.1, 0.15) is 46.3 Å². The molecule has 6 nitrogen and oxygen atoms in total. The highest BCUT2D eigenvalue weighted by atomic mass is 32.2. The number of carbonyl (C=O) groups is 2. The van der Waals surface area contributed by atoms with Gasteiger partial charge in [0.25, 0.3) is 0 Å². The van der Waals surface area contributed by atoms with Crippen LogP contribution in [0.4, 0.5) is 5.69 Å². The molecule has 30 heavy (non-hydrogen) atoms. The molecule has 4 rings (SSSR count). The molecule has 0 saturated carbocycles. The molecule has 1 amide bonds. The first-order chi connectivity index (χ1) is 14.4. The molecule has 1 aliphatic carbocycles. The summed E-state index contributed by atoms with van der Waals surface area (Å²) in [6.45, 7) is 0.470. The van der Waals surface area contributed by atoms with Gasteiger partial charge in [-0.05, 0) is 54.5 Å². The molecule has 158 valence electrons. The van der Waals surface area contributed by atoms with Crippen molar-refractivity contribution in [2.24, 2.45) is 0 Å². The number of hydrogen-bond acceptors (Lipinski definition) is 4. The molecule has 2 aliphatic rings. The third-order valence-electron chi connectivity index (χ3n) is 5.86. The van der Waals surface area contributed by atoms with Crippen molar-refractivity contribution in [1.82, 2.24) is 5.32 Å². The lowest BCUT2D eigenvalue weighted by Gasteiger charge is -2.19. The van der Waals surface area contributed by atoms with E-state index in [2.05, 4.69) is 5.32 Å². The summed E-state index contributed by atoms with van der Waals surface area (Å²) in [5.41, 5.74) is 4.95. The summed E-state index contributed by atoms with van der Waals surface area (Å²) < 4.78 is 26.7. The molecule has 0 saturated heterocycles. The van der Waals surface area contributed by atoms with Gasteiger partial charge in [-0.1, -0.05) is 30.3 Å². The number of aryl methyl sites for hydroxylation is 2. The fourth-order valence-electron chi connectivity index (χ4n) is 4.23. The highest BCUT2D eigenvalue weighted by Crippen LogP contribution is 2.29. The van der Waals surface area contributed by atoms with Gasteiger partial charge in [0.1, 0.15) is 0 Å². The first-order valence-corrected chi connectivity index (χ1v) is 12.0. The molecular weight excluding hydrogens is 400 g/mol. The van der Waals surface area contributed by atoms with E-state index in [1.807, 2.05) is 42.5 Å². The zero-order chi connectivity index (χ0) is 21.1. The van der Waals surface area contributed by atoms with Gasteiger partial charge in [-0.25, -0.2) is 8.42 Å². The Kier molecular flexibility index (Phi) is 5.90. The van der Waals surface area contributed by atoms with Crippen LogP contribution in [0.3, 0.4) is 0 Å². The third-order valence-corrected chi connectivity index (χ3v) is 7.63.